The maximum atomic E-state index is 5.74. The molecule has 0 aromatic heterocycles. The summed E-state index contributed by atoms with van der Waals surface area (Å²) in [5, 5.41) is 0. The summed E-state index contributed by atoms with van der Waals surface area (Å²) in [6, 6.07) is 8.71. The number of hydrogen-bond donors (Lipinski definition) is 0. The van der Waals surface area contributed by atoms with E-state index >= 15 is 0 Å². The molecule has 4 unspecified atom stereocenters. The minimum Gasteiger partial charge on any atom is -0.496 e. The summed E-state index contributed by atoms with van der Waals surface area (Å²) in [6.07, 6.45) is 9.26. The molecule has 4 aliphatic rings. The van der Waals surface area contributed by atoms with E-state index in [9.17, 15) is 0 Å². The minimum absolute atomic E-state index is 0.162. The van der Waals surface area contributed by atoms with Crippen LogP contribution in [0.5, 0.6) is 5.75 Å². The predicted molar refractivity (Wildman–Crippen MR) is 96.8 cm³/mol. The van der Waals surface area contributed by atoms with Crippen LogP contribution >= 0.6 is 0 Å². The van der Waals surface area contributed by atoms with Crippen molar-refractivity contribution in [1.29, 1.82) is 0 Å². The number of likely N-dealkylation sites (tertiary alicyclic amines) is 1. The Hall–Kier alpha value is -1.51. The highest BCUT2D eigenvalue weighted by molar-refractivity contribution is 5.85. The van der Waals surface area contributed by atoms with Gasteiger partial charge in [0.25, 0.3) is 0 Å². The first-order chi connectivity index (χ1) is 11.8. The number of benzene rings is 1. The Morgan fingerprint density at radius 2 is 2.00 bits per heavy atom. The second kappa shape index (κ2) is 5.50. The summed E-state index contributed by atoms with van der Waals surface area (Å²) >= 11 is 0. The van der Waals surface area contributed by atoms with E-state index in [1.54, 1.807) is 0 Å². The molecule has 1 aromatic rings. The average molecular weight is 324 g/mol. The molecule has 2 saturated carbocycles. The molecule has 2 bridgehead atoms. The van der Waals surface area contributed by atoms with E-state index in [1.165, 1.54) is 69.4 Å². The highest BCUT2D eigenvalue weighted by atomic mass is 16.5. The molecule has 3 fully saturated rings. The Kier molecular flexibility index (Phi) is 3.39. The van der Waals surface area contributed by atoms with Crippen molar-refractivity contribution in [3.63, 3.8) is 0 Å². The Labute approximate surface area is 145 Å². The average Bonchev–Trinajstić information content (AvgIpc) is 3.39. The fourth-order valence-electron chi connectivity index (χ4n) is 6.27. The van der Waals surface area contributed by atoms with Crippen LogP contribution in [0.2, 0.25) is 0 Å². The van der Waals surface area contributed by atoms with Crippen molar-refractivity contribution in [2.75, 3.05) is 20.2 Å². The Morgan fingerprint density at radius 3 is 2.83 bits per heavy atom. The quantitative estimate of drug-likeness (QED) is 0.813. The zero-order valence-electron chi connectivity index (χ0n) is 14.7. The molecular formula is C21H28N2O. The summed E-state index contributed by atoms with van der Waals surface area (Å²) in [5.41, 5.74) is 1.58. The molecule has 2 aliphatic carbocycles. The molecule has 1 saturated heterocycles. The zero-order chi connectivity index (χ0) is 16.1. The second-order valence-electron chi connectivity index (χ2n) is 8.20. The fraction of sp³-hybridized carbons (Fsp3) is 0.667. The molecule has 1 aromatic carbocycles. The van der Waals surface area contributed by atoms with Crippen LogP contribution in [-0.2, 0) is 0 Å². The van der Waals surface area contributed by atoms with Gasteiger partial charge in [0, 0.05) is 25.4 Å². The summed E-state index contributed by atoms with van der Waals surface area (Å²) in [4.78, 5) is 8.07. The van der Waals surface area contributed by atoms with Gasteiger partial charge >= 0.3 is 0 Å². The lowest BCUT2D eigenvalue weighted by atomic mass is 9.68. The molecule has 3 nitrogen and oxygen atoms in total. The summed E-state index contributed by atoms with van der Waals surface area (Å²) < 4.78 is 5.74. The largest absolute Gasteiger partial charge is 0.496 e. The molecule has 128 valence electrons. The number of aliphatic imine (C=N–C) groups is 1. The third kappa shape index (κ3) is 1.99. The van der Waals surface area contributed by atoms with E-state index in [0.29, 0.717) is 5.92 Å². The van der Waals surface area contributed by atoms with E-state index in [-0.39, 0.29) is 5.54 Å². The summed E-state index contributed by atoms with van der Waals surface area (Å²) in [6.45, 7) is 2.45. The molecule has 0 amide bonds. The van der Waals surface area contributed by atoms with Crippen molar-refractivity contribution in [3.8, 4) is 5.75 Å². The maximum absolute atomic E-state index is 5.74. The van der Waals surface area contributed by atoms with Gasteiger partial charge in [0.2, 0.25) is 0 Å². The highest BCUT2D eigenvalue weighted by Gasteiger charge is 2.60. The topological polar surface area (TPSA) is 24.8 Å². The van der Waals surface area contributed by atoms with Crippen LogP contribution in [0, 0.1) is 11.8 Å². The van der Waals surface area contributed by atoms with Gasteiger partial charge in [0.05, 0.1) is 18.5 Å². The molecule has 0 radical (unpaired) electrons. The van der Waals surface area contributed by atoms with Gasteiger partial charge in [-0.1, -0.05) is 18.2 Å². The van der Waals surface area contributed by atoms with Gasteiger partial charge in [-0.3, -0.25) is 4.99 Å². The third-order valence-electron chi connectivity index (χ3n) is 7.22. The van der Waals surface area contributed by atoms with Crippen molar-refractivity contribution in [1.82, 2.24) is 4.90 Å². The number of rotatable bonds is 2. The maximum Gasteiger partial charge on any atom is 0.122 e. The van der Waals surface area contributed by atoms with Gasteiger partial charge in [-0.25, -0.2) is 0 Å². The number of methoxy groups -OCH3 is 1. The van der Waals surface area contributed by atoms with Gasteiger partial charge in [-0.2, -0.15) is 0 Å². The van der Waals surface area contributed by atoms with Crippen LogP contribution in [0.25, 0.3) is 0 Å². The first kappa shape index (κ1) is 14.8. The van der Waals surface area contributed by atoms with Crippen molar-refractivity contribution in [3.05, 3.63) is 29.8 Å². The van der Waals surface area contributed by atoms with Crippen LogP contribution in [0.3, 0.4) is 0 Å². The van der Waals surface area contributed by atoms with Crippen molar-refractivity contribution < 1.29 is 4.74 Å². The van der Waals surface area contributed by atoms with Crippen LogP contribution in [0.4, 0.5) is 0 Å². The smallest absolute Gasteiger partial charge is 0.122 e. The van der Waals surface area contributed by atoms with Gasteiger partial charge in [0.1, 0.15) is 5.75 Å². The minimum atomic E-state index is 0.162. The number of fused-ring (bicyclic) bond motifs is 3. The molecule has 1 spiro atoms. The van der Waals surface area contributed by atoms with Crippen molar-refractivity contribution >= 4 is 5.84 Å². The molecule has 2 aliphatic heterocycles. The Balaban J connectivity index is 1.56. The standard InChI is InChI=1S/C21H28N2O/c1-24-18-7-3-2-6-17(18)20-15-8-9-16(14-15)21(20)11-10-19(22-21)23-12-4-5-13-23/h2-3,6-7,15-16,20H,4-5,8-14H2,1H3. The lowest BCUT2D eigenvalue weighted by Crippen LogP contribution is -2.38. The Morgan fingerprint density at radius 1 is 1.17 bits per heavy atom. The van der Waals surface area contributed by atoms with E-state index in [2.05, 4.69) is 29.2 Å². The number of nitrogens with zero attached hydrogens (tertiary/aromatic N) is 2. The van der Waals surface area contributed by atoms with Crippen LogP contribution in [0.1, 0.15) is 56.4 Å². The van der Waals surface area contributed by atoms with Gasteiger partial charge in [0.15, 0.2) is 0 Å². The molecular weight excluding hydrogens is 296 g/mol. The van der Waals surface area contributed by atoms with Crippen LogP contribution in [0.15, 0.2) is 29.3 Å². The zero-order valence-corrected chi connectivity index (χ0v) is 14.7. The molecule has 4 atom stereocenters. The monoisotopic (exact) mass is 324 g/mol. The van der Waals surface area contributed by atoms with E-state index < -0.39 is 0 Å². The molecule has 2 heterocycles. The molecule has 0 N–H and O–H groups in total. The van der Waals surface area contributed by atoms with Gasteiger partial charge in [-0.05, 0) is 62.0 Å². The lowest BCUT2D eigenvalue weighted by Gasteiger charge is -2.39. The SMILES string of the molecule is COc1ccccc1C1C2CCC(C2)C12CCC(N1CCCC1)=N2. The number of hydrogen-bond acceptors (Lipinski definition) is 3. The first-order valence-electron chi connectivity index (χ1n) is 9.78. The van der Waals surface area contributed by atoms with E-state index in [4.69, 9.17) is 9.73 Å². The van der Waals surface area contributed by atoms with Crippen LogP contribution in [-0.4, -0.2) is 36.5 Å². The van der Waals surface area contributed by atoms with Crippen molar-refractivity contribution in [2.45, 2.75) is 56.4 Å². The highest BCUT2D eigenvalue weighted by Crippen LogP contribution is 2.64. The van der Waals surface area contributed by atoms with Gasteiger partial charge in [-0.15, -0.1) is 0 Å². The molecule has 5 rings (SSSR count). The van der Waals surface area contributed by atoms with Crippen LogP contribution < -0.4 is 4.74 Å². The predicted octanol–water partition coefficient (Wildman–Crippen LogP) is 4.24. The van der Waals surface area contributed by atoms with E-state index in [1.807, 2.05) is 7.11 Å². The summed E-state index contributed by atoms with van der Waals surface area (Å²) in [5.74, 6) is 4.64. The number of ether oxygens (including phenoxy) is 1. The summed E-state index contributed by atoms with van der Waals surface area (Å²) in [7, 11) is 1.81. The number of para-hydroxylation sites is 1. The molecule has 24 heavy (non-hydrogen) atoms. The second-order valence-corrected chi connectivity index (χ2v) is 8.20. The normalized spacial score (nSPS) is 37.5. The van der Waals surface area contributed by atoms with Crippen molar-refractivity contribution in [2.24, 2.45) is 16.8 Å². The lowest BCUT2D eigenvalue weighted by molar-refractivity contribution is 0.230. The Bertz CT molecular complexity index is 664. The molecule has 3 heteroatoms. The van der Waals surface area contributed by atoms with Gasteiger partial charge < -0.3 is 9.64 Å². The van der Waals surface area contributed by atoms with E-state index in [0.717, 1.165) is 17.6 Å². The third-order valence-corrected chi connectivity index (χ3v) is 7.22. The number of amidine groups is 1. The first-order valence-corrected chi connectivity index (χ1v) is 9.78. The fourth-order valence-corrected chi connectivity index (χ4v) is 6.27.